The van der Waals surface area contributed by atoms with Gasteiger partial charge in [0, 0.05) is 18.8 Å². The summed E-state index contributed by atoms with van der Waals surface area (Å²) in [6.45, 7) is 0. The van der Waals surface area contributed by atoms with E-state index in [1.165, 1.54) is 12.8 Å². The number of nitrogens with zero attached hydrogens (tertiary/aromatic N) is 2. The van der Waals surface area contributed by atoms with Crippen molar-refractivity contribution in [2.45, 2.75) is 18.9 Å². The summed E-state index contributed by atoms with van der Waals surface area (Å²) in [4.78, 5) is 18.2. The lowest BCUT2D eigenvalue weighted by atomic mass is 10.2. The molecular formula is C16H17N3O. The van der Waals surface area contributed by atoms with E-state index in [-0.39, 0.29) is 5.91 Å². The van der Waals surface area contributed by atoms with Crippen LogP contribution in [0.5, 0.6) is 0 Å². The highest BCUT2D eigenvalue weighted by Crippen LogP contribution is 2.24. The van der Waals surface area contributed by atoms with Crippen LogP contribution in [0.2, 0.25) is 0 Å². The van der Waals surface area contributed by atoms with E-state index in [0.29, 0.717) is 11.7 Å². The van der Waals surface area contributed by atoms with Crippen molar-refractivity contribution in [3.05, 3.63) is 54.4 Å². The second kappa shape index (κ2) is 5.33. The summed E-state index contributed by atoms with van der Waals surface area (Å²) in [6.07, 6.45) is 4.17. The first-order chi connectivity index (χ1) is 9.74. The SMILES string of the molecule is CN(C(=O)c1ccc(NC2CC2)cn1)c1ccccc1. The van der Waals surface area contributed by atoms with Crippen LogP contribution in [0.25, 0.3) is 0 Å². The van der Waals surface area contributed by atoms with Crippen molar-refractivity contribution >= 4 is 17.3 Å². The third kappa shape index (κ3) is 2.79. The molecule has 4 nitrogen and oxygen atoms in total. The van der Waals surface area contributed by atoms with Crippen LogP contribution in [0.1, 0.15) is 23.3 Å². The van der Waals surface area contributed by atoms with E-state index in [1.807, 2.05) is 36.4 Å². The summed E-state index contributed by atoms with van der Waals surface area (Å²) in [6, 6.07) is 13.8. The van der Waals surface area contributed by atoms with Crippen molar-refractivity contribution in [1.29, 1.82) is 0 Å². The highest BCUT2D eigenvalue weighted by atomic mass is 16.2. The number of para-hydroxylation sites is 1. The van der Waals surface area contributed by atoms with Gasteiger partial charge in [-0.15, -0.1) is 0 Å². The second-order valence-corrected chi connectivity index (χ2v) is 5.05. The third-order valence-electron chi connectivity index (χ3n) is 3.38. The van der Waals surface area contributed by atoms with E-state index < -0.39 is 0 Å². The highest BCUT2D eigenvalue weighted by molar-refractivity contribution is 6.04. The monoisotopic (exact) mass is 267 g/mol. The van der Waals surface area contributed by atoms with Gasteiger partial charge < -0.3 is 10.2 Å². The molecule has 1 aliphatic carbocycles. The lowest BCUT2D eigenvalue weighted by Gasteiger charge is -2.16. The van der Waals surface area contributed by atoms with Crippen LogP contribution in [-0.4, -0.2) is 24.0 Å². The predicted molar refractivity (Wildman–Crippen MR) is 80.1 cm³/mol. The number of amides is 1. The molecule has 1 aliphatic rings. The molecule has 1 aromatic carbocycles. The van der Waals surface area contributed by atoms with Gasteiger partial charge in [0.05, 0.1) is 11.9 Å². The minimum Gasteiger partial charge on any atom is -0.381 e. The van der Waals surface area contributed by atoms with Gasteiger partial charge >= 0.3 is 0 Å². The van der Waals surface area contributed by atoms with Gasteiger partial charge in [0.1, 0.15) is 5.69 Å². The Kier molecular flexibility index (Phi) is 3.37. The van der Waals surface area contributed by atoms with Crippen LogP contribution in [0.3, 0.4) is 0 Å². The summed E-state index contributed by atoms with van der Waals surface area (Å²) in [5.41, 5.74) is 2.29. The molecule has 1 heterocycles. The minimum atomic E-state index is -0.103. The maximum absolute atomic E-state index is 12.3. The molecule has 1 amide bonds. The summed E-state index contributed by atoms with van der Waals surface area (Å²) in [5.74, 6) is -0.103. The first kappa shape index (κ1) is 12.7. The van der Waals surface area contributed by atoms with Crippen LogP contribution < -0.4 is 10.2 Å². The molecule has 0 radical (unpaired) electrons. The van der Waals surface area contributed by atoms with E-state index in [4.69, 9.17) is 0 Å². The van der Waals surface area contributed by atoms with E-state index in [1.54, 1.807) is 24.2 Å². The average molecular weight is 267 g/mol. The Bertz CT molecular complexity index is 591. The molecule has 1 fully saturated rings. The fourth-order valence-corrected chi connectivity index (χ4v) is 2.01. The minimum absolute atomic E-state index is 0.103. The van der Waals surface area contributed by atoms with Crippen molar-refractivity contribution in [2.75, 3.05) is 17.3 Å². The Morgan fingerprint density at radius 2 is 1.95 bits per heavy atom. The van der Waals surface area contributed by atoms with Crippen molar-refractivity contribution < 1.29 is 4.79 Å². The Hall–Kier alpha value is -2.36. The van der Waals surface area contributed by atoms with Crippen molar-refractivity contribution in [1.82, 2.24) is 4.98 Å². The summed E-state index contributed by atoms with van der Waals surface area (Å²) in [5, 5.41) is 3.36. The zero-order chi connectivity index (χ0) is 13.9. The van der Waals surface area contributed by atoms with Gasteiger partial charge in [-0.05, 0) is 37.1 Å². The number of pyridine rings is 1. The topological polar surface area (TPSA) is 45.2 Å². The quantitative estimate of drug-likeness (QED) is 0.926. The first-order valence-corrected chi connectivity index (χ1v) is 6.80. The number of nitrogens with one attached hydrogen (secondary N) is 1. The molecule has 0 atom stereocenters. The van der Waals surface area contributed by atoms with E-state index in [9.17, 15) is 4.79 Å². The van der Waals surface area contributed by atoms with Crippen LogP contribution in [0, 0.1) is 0 Å². The van der Waals surface area contributed by atoms with Crippen molar-refractivity contribution in [2.24, 2.45) is 0 Å². The molecular weight excluding hydrogens is 250 g/mol. The van der Waals surface area contributed by atoms with E-state index in [0.717, 1.165) is 11.4 Å². The fraction of sp³-hybridized carbons (Fsp3) is 0.250. The largest absolute Gasteiger partial charge is 0.381 e. The number of carbonyl (C=O) groups excluding carboxylic acids is 1. The van der Waals surface area contributed by atoms with Crippen LogP contribution in [0.4, 0.5) is 11.4 Å². The Labute approximate surface area is 118 Å². The van der Waals surface area contributed by atoms with Crippen LogP contribution >= 0.6 is 0 Å². The zero-order valence-electron chi connectivity index (χ0n) is 11.4. The van der Waals surface area contributed by atoms with Gasteiger partial charge in [0.25, 0.3) is 5.91 Å². The summed E-state index contributed by atoms with van der Waals surface area (Å²) in [7, 11) is 1.76. The van der Waals surface area contributed by atoms with Gasteiger partial charge in [0.2, 0.25) is 0 Å². The number of anilines is 2. The molecule has 20 heavy (non-hydrogen) atoms. The number of hydrogen-bond donors (Lipinski definition) is 1. The molecule has 4 heteroatoms. The normalized spacial score (nSPS) is 13.8. The molecule has 0 aliphatic heterocycles. The molecule has 3 rings (SSSR count). The first-order valence-electron chi connectivity index (χ1n) is 6.80. The Morgan fingerprint density at radius 1 is 1.20 bits per heavy atom. The van der Waals surface area contributed by atoms with Gasteiger partial charge in [-0.3, -0.25) is 4.79 Å². The van der Waals surface area contributed by atoms with E-state index >= 15 is 0 Å². The van der Waals surface area contributed by atoms with Gasteiger partial charge in [-0.1, -0.05) is 18.2 Å². The molecule has 0 bridgehead atoms. The summed E-state index contributed by atoms with van der Waals surface area (Å²) < 4.78 is 0. The maximum Gasteiger partial charge on any atom is 0.276 e. The molecule has 0 unspecified atom stereocenters. The molecule has 1 saturated carbocycles. The molecule has 1 aromatic heterocycles. The lowest BCUT2D eigenvalue weighted by molar-refractivity contribution is 0.0988. The number of benzene rings is 1. The van der Waals surface area contributed by atoms with Crippen LogP contribution in [-0.2, 0) is 0 Å². The molecule has 102 valence electrons. The van der Waals surface area contributed by atoms with E-state index in [2.05, 4.69) is 10.3 Å². The van der Waals surface area contributed by atoms with Crippen molar-refractivity contribution in [3.8, 4) is 0 Å². The Morgan fingerprint density at radius 3 is 2.55 bits per heavy atom. The molecule has 0 saturated heterocycles. The standard InChI is InChI=1S/C16H17N3O/c1-19(14-5-3-2-4-6-14)16(20)15-10-9-13(11-17-15)18-12-7-8-12/h2-6,9-12,18H,7-8H2,1H3. The number of carbonyl (C=O) groups is 1. The number of aromatic nitrogens is 1. The average Bonchev–Trinajstić information content (AvgIpc) is 3.31. The zero-order valence-corrected chi connectivity index (χ0v) is 11.4. The maximum atomic E-state index is 12.3. The van der Waals surface area contributed by atoms with Crippen molar-refractivity contribution in [3.63, 3.8) is 0 Å². The second-order valence-electron chi connectivity index (χ2n) is 5.05. The number of rotatable bonds is 4. The number of hydrogen-bond acceptors (Lipinski definition) is 3. The van der Waals surface area contributed by atoms with Gasteiger partial charge in [-0.2, -0.15) is 0 Å². The fourth-order valence-electron chi connectivity index (χ4n) is 2.01. The Balaban J connectivity index is 1.72. The summed E-state index contributed by atoms with van der Waals surface area (Å²) >= 11 is 0. The predicted octanol–water partition coefficient (Wildman–Crippen LogP) is 2.93. The smallest absolute Gasteiger partial charge is 0.276 e. The van der Waals surface area contributed by atoms with Gasteiger partial charge in [-0.25, -0.2) is 4.98 Å². The lowest BCUT2D eigenvalue weighted by Crippen LogP contribution is -2.26. The van der Waals surface area contributed by atoms with Crippen LogP contribution in [0.15, 0.2) is 48.7 Å². The molecule has 1 N–H and O–H groups in total. The van der Waals surface area contributed by atoms with Gasteiger partial charge in [0.15, 0.2) is 0 Å². The molecule has 2 aromatic rings. The molecule has 0 spiro atoms. The highest BCUT2D eigenvalue weighted by Gasteiger charge is 2.21. The third-order valence-corrected chi connectivity index (χ3v) is 3.38.